The molecule has 0 fully saturated rings. The van der Waals surface area contributed by atoms with E-state index in [-0.39, 0.29) is 19.8 Å². The van der Waals surface area contributed by atoms with Gasteiger partial charge in [-0.3, -0.25) is 4.79 Å². The van der Waals surface area contributed by atoms with Crippen molar-refractivity contribution in [2.24, 2.45) is 5.73 Å². The molecule has 4 N–H and O–H groups in total. The first-order valence-corrected chi connectivity index (χ1v) is 5.98. The van der Waals surface area contributed by atoms with Crippen LogP contribution < -0.4 is 16.2 Å². The number of carbonyl (C=O) groups is 1. The smallest absolute Gasteiger partial charge is 0.319 e. The predicted octanol–water partition coefficient (Wildman–Crippen LogP) is 1.57. The molecule has 0 amide bonds. The molecule has 0 heterocycles. The maximum Gasteiger partial charge on any atom is 0.319 e. The lowest BCUT2D eigenvalue weighted by atomic mass is 10.3. The van der Waals surface area contributed by atoms with E-state index in [1.807, 2.05) is 0 Å². The van der Waals surface area contributed by atoms with Crippen molar-refractivity contribution in [3.05, 3.63) is 24.3 Å². The molecule has 1 aromatic carbocycles. The topological polar surface area (TPSA) is 87.6 Å². The van der Waals surface area contributed by atoms with E-state index in [0.29, 0.717) is 11.4 Å². The van der Waals surface area contributed by atoms with E-state index in [1.54, 1.807) is 24.3 Å². The number of nitrogens with two attached hydrogens (primary N) is 2. The molecule has 0 unspecified atom stereocenters. The van der Waals surface area contributed by atoms with Gasteiger partial charge in [-0.2, -0.15) is 0 Å². The number of ether oxygens (including phenoxy) is 2. The number of benzene rings is 1. The average Bonchev–Trinajstić information content (AvgIpc) is 2.35. The van der Waals surface area contributed by atoms with E-state index in [2.05, 4.69) is 13.8 Å². The van der Waals surface area contributed by atoms with Gasteiger partial charge in [-0.15, -0.1) is 0 Å². The lowest BCUT2D eigenvalue weighted by Crippen LogP contribution is -2.19. The van der Waals surface area contributed by atoms with Crippen molar-refractivity contribution >= 4 is 11.7 Å². The number of anilines is 1. The standard InChI is InChI=1S/C10H14N2O3.C3H8/c11-7-10(13)15-5-4-14-9-3-1-2-8(12)6-9;1-3-2/h1-3,6H,4-5,7,11-12H2;3H2,1-2H3. The zero-order valence-electron chi connectivity index (χ0n) is 11.0. The highest BCUT2D eigenvalue weighted by molar-refractivity contribution is 5.71. The minimum Gasteiger partial charge on any atom is -0.490 e. The third-order valence-corrected chi connectivity index (χ3v) is 1.64. The molecular weight excluding hydrogens is 232 g/mol. The molecule has 0 saturated carbocycles. The van der Waals surface area contributed by atoms with Crippen molar-refractivity contribution in [3.8, 4) is 5.75 Å². The molecule has 0 aromatic heterocycles. The first-order valence-electron chi connectivity index (χ1n) is 5.98. The van der Waals surface area contributed by atoms with Gasteiger partial charge in [0.15, 0.2) is 0 Å². The number of rotatable bonds is 5. The number of hydrogen-bond acceptors (Lipinski definition) is 5. The van der Waals surface area contributed by atoms with Crippen molar-refractivity contribution in [2.45, 2.75) is 20.3 Å². The van der Waals surface area contributed by atoms with E-state index < -0.39 is 5.97 Å². The lowest BCUT2D eigenvalue weighted by molar-refractivity contribution is -0.142. The third kappa shape index (κ3) is 8.41. The monoisotopic (exact) mass is 254 g/mol. The van der Waals surface area contributed by atoms with Crippen LogP contribution in [0.1, 0.15) is 20.3 Å². The van der Waals surface area contributed by atoms with Gasteiger partial charge in [-0.25, -0.2) is 0 Å². The summed E-state index contributed by atoms with van der Waals surface area (Å²) in [6.07, 6.45) is 1.25. The second-order valence-electron chi connectivity index (χ2n) is 3.55. The SMILES string of the molecule is CCC.NCC(=O)OCCOc1cccc(N)c1. The predicted molar refractivity (Wildman–Crippen MR) is 72.3 cm³/mol. The molecule has 0 spiro atoms. The van der Waals surface area contributed by atoms with Gasteiger partial charge in [0.05, 0.1) is 6.54 Å². The summed E-state index contributed by atoms with van der Waals surface area (Å²) in [5.41, 5.74) is 11.2. The summed E-state index contributed by atoms with van der Waals surface area (Å²) in [6.45, 7) is 4.61. The Morgan fingerprint density at radius 1 is 1.28 bits per heavy atom. The Balaban J connectivity index is 0.000000873. The number of hydrogen-bond donors (Lipinski definition) is 2. The Hall–Kier alpha value is -1.75. The summed E-state index contributed by atoms with van der Waals surface area (Å²) in [5, 5.41) is 0. The molecule has 0 aliphatic rings. The Morgan fingerprint density at radius 3 is 2.50 bits per heavy atom. The lowest BCUT2D eigenvalue weighted by Gasteiger charge is -2.06. The summed E-state index contributed by atoms with van der Waals surface area (Å²) in [4.78, 5) is 10.7. The van der Waals surface area contributed by atoms with Gasteiger partial charge < -0.3 is 20.9 Å². The molecule has 0 saturated heterocycles. The summed E-state index contributed by atoms with van der Waals surface area (Å²) in [7, 11) is 0. The highest BCUT2D eigenvalue weighted by atomic mass is 16.6. The Bertz CT molecular complexity index is 343. The molecule has 102 valence electrons. The highest BCUT2D eigenvalue weighted by Crippen LogP contribution is 2.13. The van der Waals surface area contributed by atoms with E-state index in [4.69, 9.17) is 20.9 Å². The summed E-state index contributed by atoms with van der Waals surface area (Å²) in [6, 6.07) is 7.03. The Kier molecular flexibility index (Phi) is 9.40. The van der Waals surface area contributed by atoms with Gasteiger partial charge in [0.1, 0.15) is 19.0 Å². The molecule has 0 radical (unpaired) electrons. The molecule has 0 aliphatic carbocycles. The fraction of sp³-hybridized carbons (Fsp3) is 0.462. The van der Waals surface area contributed by atoms with Gasteiger partial charge in [-0.05, 0) is 12.1 Å². The second kappa shape index (κ2) is 10.4. The van der Waals surface area contributed by atoms with E-state index >= 15 is 0 Å². The van der Waals surface area contributed by atoms with Crippen LogP contribution in [0.3, 0.4) is 0 Å². The number of esters is 1. The highest BCUT2D eigenvalue weighted by Gasteiger charge is 1.98. The Labute approximate surface area is 108 Å². The fourth-order valence-corrected chi connectivity index (χ4v) is 0.978. The number of nitrogen functional groups attached to an aromatic ring is 1. The van der Waals surface area contributed by atoms with Crippen LogP contribution in [-0.4, -0.2) is 25.7 Å². The van der Waals surface area contributed by atoms with Gasteiger partial charge in [0.2, 0.25) is 0 Å². The third-order valence-electron chi connectivity index (χ3n) is 1.64. The first kappa shape index (κ1) is 16.2. The largest absolute Gasteiger partial charge is 0.490 e. The normalized spacial score (nSPS) is 9.06. The zero-order chi connectivity index (χ0) is 13.8. The van der Waals surface area contributed by atoms with Gasteiger partial charge in [-0.1, -0.05) is 26.3 Å². The van der Waals surface area contributed by atoms with Crippen molar-refractivity contribution in [2.75, 3.05) is 25.5 Å². The molecule has 1 rings (SSSR count). The maximum atomic E-state index is 10.7. The van der Waals surface area contributed by atoms with Crippen molar-refractivity contribution in [3.63, 3.8) is 0 Å². The summed E-state index contributed by atoms with van der Waals surface area (Å²) < 4.78 is 10.0. The van der Waals surface area contributed by atoms with E-state index in [1.165, 1.54) is 6.42 Å². The van der Waals surface area contributed by atoms with E-state index in [9.17, 15) is 4.79 Å². The van der Waals surface area contributed by atoms with Crippen LogP contribution in [0.15, 0.2) is 24.3 Å². The van der Waals surface area contributed by atoms with Gasteiger partial charge in [0, 0.05) is 11.8 Å². The second-order valence-corrected chi connectivity index (χ2v) is 3.55. The minimum atomic E-state index is -0.439. The van der Waals surface area contributed by atoms with Crippen molar-refractivity contribution in [1.29, 1.82) is 0 Å². The summed E-state index contributed by atoms with van der Waals surface area (Å²) >= 11 is 0. The molecule has 0 atom stereocenters. The molecular formula is C13H22N2O3. The first-order chi connectivity index (χ1) is 8.63. The van der Waals surface area contributed by atoms with Crippen molar-refractivity contribution < 1.29 is 14.3 Å². The van der Waals surface area contributed by atoms with Gasteiger partial charge >= 0.3 is 5.97 Å². The molecule has 5 heteroatoms. The fourth-order valence-electron chi connectivity index (χ4n) is 0.978. The number of carbonyl (C=O) groups excluding carboxylic acids is 1. The molecule has 18 heavy (non-hydrogen) atoms. The van der Waals surface area contributed by atoms with Crippen LogP contribution in [0.4, 0.5) is 5.69 Å². The molecule has 1 aromatic rings. The summed E-state index contributed by atoms with van der Waals surface area (Å²) in [5.74, 6) is 0.213. The van der Waals surface area contributed by atoms with Gasteiger partial charge in [0.25, 0.3) is 0 Å². The average molecular weight is 254 g/mol. The quantitative estimate of drug-likeness (QED) is 0.473. The maximum absolute atomic E-state index is 10.7. The van der Waals surface area contributed by atoms with Crippen LogP contribution >= 0.6 is 0 Å². The molecule has 0 aliphatic heterocycles. The van der Waals surface area contributed by atoms with Crippen LogP contribution in [0, 0.1) is 0 Å². The van der Waals surface area contributed by atoms with Crippen LogP contribution in [0.5, 0.6) is 5.75 Å². The minimum absolute atomic E-state index is 0.113. The Morgan fingerprint density at radius 2 is 1.94 bits per heavy atom. The molecule has 5 nitrogen and oxygen atoms in total. The van der Waals surface area contributed by atoms with E-state index in [0.717, 1.165) is 0 Å². The van der Waals surface area contributed by atoms with Crippen LogP contribution in [0.25, 0.3) is 0 Å². The molecule has 0 bridgehead atoms. The zero-order valence-corrected chi connectivity index (χ0v) is 11.0. The van der Waals surface area contributed by atoms with Crippen LogP contribution in [0.2, 0.25) is 0 Å². The van der Waals surface area contributed by atoms with Crippen LogP contribution in [-0.2, 0) is 9.53 Å². The van der Waals surface area contributed by atoms with Crippen molar-refractivity contribution in [1.82, 2.24) is 0 Å².